The van der Waals surface area contributed by atoms with E-state index in [9.17, 15) is 0 Å². The first-order valence-corrected chi connectivity index (χ1v) is 17.3. The molecule has 246 valence electrons. The number of nitrogens with one attached hydrogen (secondary N) is 1. The van der Waals surface area contributed by atoms with Crippen LogP contribution in [0, 0.1) is 13.8 Å². The summed E-state index contributed by atoms with van der Waals surface area (Å²) >= 11 is 1.22. The number of fused-ring (bicyclic) bond motifs is 2. The maximum atomic E-state index is 4.71. The van der Waals surface area contributed by atoms with Gasteiger partial charge in [0.25, 0.3) is 0 Å². The first-order valence-electron chi connectivity index (χ1n) is 16.5. The van der Waals surface area contributed by atoms with Gasteiger partial charge in [-0.2, -0.15) is 14.5 Å². The van der Waals surface area contributed by atoms with E-state index in [0.29, 0.717) is 22.7 Å². The standard InChI is InChI=1S/C40H35N9S/c1-5-27(4)41-35-20-21-37(31-11-7-6-10-30(31)35)46-47-38-23-22-36(32-12-8-9-13-33(32)38)45-43-29-18-19-34(26(3)24-29)44-48-40-42-39(49-50-40)28-16-14-25(2)15-17-28/h6-24,27,41H,5H2,1-4H3. The Labute approximate surface area is 294 Å². The molecule has 0 aliphatic carbocycles. The third-order valence-electron chi connectivity index (χ3n) is 8.48. The Kier molecular flexibility index (Phi) is 9.52. The smallest absolute Gasteiger partial charge is 0.249 e. The fraction of sp³-hybridized carbons (Fsp3) is 0.150. The van der Waals surface area contributed by atoms with E-state index in [1.165, 1.54) is 17.1 Å². The first-order chi connectivity index (χ1) is 24.4. The lowest BCUT2D eigenvalue weighted by molar-refractivity contribution is 0.765. The van der Waals surface area contributed by atoms with Crippen LogP contribution in [-0.2, 0) is 0 Å². The maximum Gasteiger partial charge on any atom is 0.249 e. The minimum atomic E-state index is 0.374. The molecule has 50 heavy (non-hydrogen) atoms. The summed E-state index contributed by atoms with van der Waals surface area (Å²) in [5.74, 6) is 0.647. The van der Waals surface area contributed by atoms with Gasteiger partial charge in [-0.25, -0.2) is 0 Å². The number of rotatable bonds is 10. The third-order valence-corrected chi connectivity index (χ3v) is 9.08. The van der Waals surface area contributed by atoms with Crippen LogP contribution in [-0.4, -0.2) is 15.4 Å². The van der Waals surface area contributed by atoms with Gasteiger partial charge in [0, 0.05) is 50.4 Å². The highest BCUT2D eigenvalue weighted by atomic mass is 32.1. The zero-order valence-corrected chi connectivity index (χ0v) is 29.1. The van der Waals surface area contributed by atoms with Gasteiger partial charge in [0.1, 0.15) is 0 Å². The molecular formula is C40H35N9S. The minimum Gasteiger partial charge on any atom is -0.382 e. The number of aromatic nitrogens is 2. The lowest BCUT2D eigenvalue weighted by atomic mass is 10.1. The zero-order valence-electron chi connectivity index (χ0n) is 28.2. The van der Waals surface area contributed by atoms with Gasteiger partial charge in [0.15, 0.2) is 5.82 Å². The molecule has 0 bridgehead atoms. The van der Waals surface area contributed by atoms with Crippen LogP contribution in [0.1, 0.15) is 31.4 Å². The Hall–Kier alpha value is -6.00. The Morgan fingerprint density at radius 1 is 0.620 bits per heavy atom. The van der Waals surface area contributed by atoms with Crippen LogP contribution >= 0.6 is 11.5 Å². The molecule has 1 atom stereocenters. The summed E-state index contributed by atoms with van der Waals surface area (Å²) in [7, 11) is 0. The molecule has 1 N–H and O–H groups in total. The van der Waals surface area contributed by atoms with Crippen molar-refractivity contribution in [3.8, 4) is 11.4 Å². The average Bonchev–Trinajstić information content (AvgIpc) is 3.62. The number of hydrogen-bond acceptors (Lipinski definition) is 10. The highest BCUT2D eigenvalue weighted by Crippen LogP contribution is 2.38. The van der Waals surface area contributed by atoms with E-state index in [1.54, 1.807) is 0 Å². The molecule has 0 aliphatic rings. The summed E-state index contributed by atoms with van der Waals surface area (Å²) in [4.78, 5) is 4.52. The predicted molar refractivity (Wildman–Crippen MR) is 205 cm³/mol. The molecule has 1 unspecified atom stereocenters. The van der Waals surface area contributed by atoms with Crippen LogP contribution in [0.4, 0.5) is 39.3 Å². The summed E-state index contributed by atoms with van der Waals surface area (Å²) in [6.07, 6.45) is 1.04. The number of nitrogens with zero attached hydrogens (tertiary/aromatic N) is 8. The van der Waals surface area contributed by atoms with E-state index in [-0.39, 0.29) is 0 Å². The fourth-order valence-electron chi connectivity index (χ4n) is 5.51. The molecule has 1 aromatic heterocycles. The second-order valence-corrected chi connectivity index (χ2v) is 12.8. The van der Waals surface area contributed by atoms with E-state index in [1.807, 2.05) is 97.9 Å². The summed E-state index contributed by atoms with van der Waals surface area (Å²) in [6.45, 7) is 8.39. The second-order valence-electron chi connectivity index (χ2n) is 12.1. The van der Waals surface area contributed by atoms with Gasteiger partial charge < -0.3 is 5.32 Å². The quantitative estimate of drug-likeness (QED) is 0.146. The van der Waals surface area contributed by atoms with Crippen molar-refractivity contribution < 1.29 is 0 Å². The highest BCUT2D eigenvalue weighted by molar-refractivity contribution is 7.09. The molecule has 0 saturated carbocycles. The Morgan fingerprint density at radius 3 is 1.82 bits per heavy atom. The van der Waals surface area contributed by atoms with E-state index in [4.69, 9.17) is 10.2 Å². The van der Waals surface area contributed by atoms with Gasteiger partial charge in [-0.15, -0.1) is 25.6 Å². The van der Waals surface area contributed by atoms with Crippen molar-refractivity contribution >= 4 is 72.3 Å². The molecular weight excluding hydrogens is 639 g/mol. The molecule has 7 aromatic rings. The normalized spacial score (nSPS) is 12.6. The van der Waals surface area contributed by atoms with Gasteiger partial charge in [-0.05, 0) is 75.2 Å². The third kappa shape index (κ3) is 7.20. The molecule has 0 amide bonds. The van der Waals surface area contributed by atoms with Crippen molar-refractivity contribution in [2.45, 2.75) is 40.2 Å². The van der Waals surface area contributed by atoms with Crippen LogP contribution < -0.4 is 5.32 Å². The van der Waals surface area contributed by atoms with Gasteiger partial charge in [0.05, 0.1) is 28.4 Å². The molecule has 0 radical (unpaired) electrons. The summed E-state index contributed by atoms with van der Waals surface area (Å²) in [6, 6.07) is 38.5. The zero-order chi connectivity index (χ0) is 34.5. The van der Waals surface area contributed by atoms with Crippen LogP contribution in [0.5, 0.6) is 0 Å². The van der Waals surface area contributed by atoms with E-state index >= 15 is 0 Å². The van der Waals surface area contributed by atoms with Crippen LogP contribution in [0.25, 0.3) is 32.9 Å². The SMILES string of the molecule is CCC(C)Nc1ccc(N=Nc2ccc(N=Nc3ccc(N=Nc4nc(-c5ccc(C)cc5)ns4)c(C)c3)c3ccccc23)c2ccccc12. The molecule has 6 aromatic carbocycles. The summed E-state index contributed by atoms with van der Waals surface area (Å²) in [5, 5.41) is 35.5. The molecule has 0 aliphatic heterocycles. The summed E-state index contributed by atoms with van der Waals surface area (Å²) < 4.78 is 4.43. The van der Waals surface area contributed by atoms with Crippen molar-refractivity contribution in [1.82, 2.24) is 9.36 Å². The largest absolute Gasteiger partial charge is 0.382 e. The summed E-state index contributed by atoms with van der Waals surface area (Å²) in [5.41, 5.74) is 7.93. The number of anilines is 1. The van der Waals surface area contributed by atoms with Crippen molar-refractivity contribution in [3.05, 3.63) is 126 Å². The average molecular weight is 674 g/mol. The van der Waals surface area contributed by atoms with E-state index in [0.717, 1.165) is 67.5 Å². The van der Waals surface area contributed by atoms with Gasteiger partial charge in [-0.3, -0.25) is 0 Å². The highest BCUT2D eigenvalue weighted by Gasteiger charge is 2.10. The second kappa shape index (κ2) is 14.6. The molecule has 7 rings (SSSR count). The van der Waals surface area contributed by atoms with Crippen molar-refractivity contribution in [2.75, 3.05) is 5.32 Å². The minimum absolute atomic E-state index is 0.374. The number of hydrogen-bond donors (Lipinski definition) is 1. The van der Waals surface area contributed by atoms with E-state index < -0.39 is 0 Å². The van der Waals surface area contributed by atoms with Crippen molar-refractivity contribution in [3.63, 3.8) is 0 Å². The maximum absolute atomic E-state index is 4.71. The van der Waals surface area contributed by atoms with Crippen molar-refractivity contribution in [2.24, 2.45) is 30.7 Å². The Balaban J connectivity index is 1.09. The molecule has 1 heterocycles. The fourth-order valence-corrected chi connectivity index (χ4v) is 6.03. The molecule has 10 heteroatoms. The molecule has 0 saturated heterocycles. The Bertz CT molecular complexity index is 2390. The van der Waals surface area contributed by atoms with Crippen LogP contribution in [0.15, 0.2) is 146 Å². The number of azo groups is 3. The van der Waals surface area contributed by atoms with E-state index in [2.05, 4.69) is 80.2 Å². The molecule has 9 nitrogen and oxygen atoms in total. The lowest BCUT2D eigenvalue weighted by Crippen LogP contribution is -2.13. The number of benzene rings is 6. The molecule has 0 fully saturated rings. The van der Waals surface area contributed by atoms with Gasteiger partial charge >= 0.3 is 0 Å². The lowest BCUT2D eigenvalue weighted by Gasteiger charge is -2.15. The van der Waals surface area contributed by atoms with Gasteiger partial charge in [-0.1, -0.05) is 85.3 Å². The Morgan fingerprint density at radius 2 is 1.18 bits per heavy atom. The monoisotopic (exact) mass is 673 g/mol. The topological polar surface area (TPSA) is 112 Å². The predicted octanol–water partition coefficient (Wildman–Crippen LogP) is 13.6. The van der Waals surface area contributed by atoms with Crippen molar-refractivity contribution in [1.29, 1.82) is 0 Å². The van der Waals surface area contributed by atoms with Crippen LogP contribution in [0.2, 0.25) is 0 Å². The van der Waals surface area contributed by atoms with Crippen LogP contribution in [0.3, 0.4) is 0 Å². The first kappa shape index (κ1) is 32.5. The number of aryl methyl sites for hydroxylation is 2. The van der Waals surface area contributed by atoms with Gasteiger partial charge in [0.2, 0.25) is 5.13 Å². The molecule has 0 spiro atoms.